The van der Waals surface area contributed by atoms with Crippen LogP contribution in [0.2, 0.25) is 0 Å². The van der Waals surface area contributed by atoms with E-state index in [9.17, 15) is 4.79 Å². The largest absolute Gasteiger partial charge is 0.346 e. The highest BCUT2D eigenvalue weighted by molar-refractivity contribution is 5.95. The molecule has 0 aliphatic carbocycles. The lowest BCUT2D eigenvalue weighted by atomic mass is 10.1. The molecule has 1 amide bonds. The van der Waals surface area contributed by atoms with Gasteiger partial charge in [-0.3, -0.25) is 9.78 Å². The molecule has 2 rings (SSSR count). The first-order valence-electron chi connectivity index (χ1n) is 7.14. The van der Waals surface area contributed by atoms with Gasteiger partial charge in [-0.25, -0.2) is 0 Å². The molecule has 0 aliphatic heterocycles. The van der Waals surface area contributed by atoms with Crippen LogP contribution in [0.3, 0.4) is 0 Å². The van der Waals surface area contributed by atoms with Gasteiger partial charge in [-0.15, -0.1) is 0 Å². The summed E-state index contributed by atoms with van der Waals surface area (Å²) in [5.41, 5.74) is 3.21. The lowest BCUT2D eigenvalue weighted by Gasteiger charge is -2.11. The predicted molar refractivity (Wildman–Crippen MR) is 79.9 cm³/mol. The first kappa shape index (κ1) is 15.2. The Bertz CT molecular complexity index is 633. The second kappa shape index (κ2) is 6.47. The standard InChI is InChI=1S/C15H21N5O/c1-5-13-12(6-7-14(18-13)10(2)3)15(21)16-8-11-9-17-20(4)19-11/h6-7,9-10H,5,8H2,1-4H3,(H,16,21). The van der Waals surface area contributed by atoms with Crippen molar-refractivity contribution in [3.63, 3.8) is 0 Å². The number of hydrogen-bond acceptors (Lipinski definition) is 4. The fourth-order valence-corrected chi connectivity index (χ4v) is 2.05. The molecule has 0 fully saturated rings. The third kappa shape index (κ3) is 3.65. The Morgan fingerprint density at radius 1 is 1.38 bits per heavy atom. The van der Waals surface area contributed by atoms with E-state index >= 15 is 0 Å². The van der Waals surface area contributed by atoms with Crippen molar-refractivity contribution in [1.29, 1.82) is 0 Å². The van der Waals surface area contributed by atoms with Crippen LogP contribution in [0.5, 0.6) is 0 Å². The molecule has 21 heavy (non-hydrogen) atoms. The average molecular weight is 287 g/mol. The lowest BCUT2D eigenvalue weighted by Crippen LogP contribution is -2.25. The maximum Gasteiger partial charge on any atom is 0.253 e. The van der Waals surface area contributed by atoms with Gasteiger partial charge in [0, 0.05) is 12.7 Å². The number of aromatic nitrogens is 4. The van der Waals surface area contributed by atoms with E-state index in [0.29, 0.717) is 18.0 Å². The zero-order chi connectivity index (χ0) is 15.4. The van der Waals surface area contributed by atoms with Crippen molar-refractivity contribution in [2.45, 2.75) is 39.7 Å². The molecule has 2 aromatic rings. The molecule has 0 unspecified atom stereocenters. The summed E-state index contributed by atoms with van der Waals surface area (Å²) >= 11 is 0. The van der Waals surface area contributed by atoms with Crippen LogP contribution in [0.1, 0.15) is 54.1 Å². The number of carbonyl (C=O) groups is 1. The summed E-state index contributed by atoms with van der Waals surface area (Å²) in [6, 6.07) is 3.77. The van der Waals surface area contributed by atoms with Crippen LogP contribution >= 0.6 is 0 Å². The molecule has 1 N–H and O–H groups in total. The predicted octanol–water partition coefficient (Wildman–Crippen LogP) is 1.83. The van der Waals surface area contributed by atoms with Gasteiger partial charge in [-0.1, -0.05) is 20.8 Å². The van der Waals surface area contributed by atoms with E-state index in [2.05, 4.69) is 34.3 Å². The second-order valence-corrected chi connectivity index (χ2v) is 5.25. The fourth-order valence-electron chi connectivity index (χ4n) is 2.05. The van der Waals surface area contributed by atoms with Gasteiger partial charge in [-0.05, 0) is 24.5 Å². The Labute approximate surface area is 124 Å². The van der Waals surface area contributed by atoms with Gasteiger partial charge in [0.05, 0.1) is 24.0 Å². The fraction of sp³-hybridized carbons (Fsp3) is 0.467. The van der Waals surface area contributed by atoms with E-state index in [-0.39, 0.29) is 5.91 Å². The number of nitrogens with zero attached hydrogens (tertiary/aromatic N) is 4. The summed E-state index contributed by atoms with van der Waals surface area (Å²) < 4.78 is 0. The molecule has 2 aromatic heterocycles. The Morgan fingerprint density at radius 2 is 2.14 bits per heavy atom. The van der Waals surface area contributed by atoms with Gasteiger partial charge in [0.15, 0.2) is 0 Å². The second-order valence-electron chi connectivity index (χ2n) is 5.25. The molecule has 0 bridgehead atoms. The first-order valence-corrected chi connectivity index (χ1v) is 7.14. The van der Waals surface area contributed by atoms with Crippen molar-refractivity contribution in [2.75, 3.05) is 0 Å². The summed E-state index contributed by atoms with van der Waals surface area (Å²) in [5.74, 6) is 0.229. The maximum atomic E-state index is 12.3. The van der Waals surface area contributed by atoms with Crippen LogP contribution < -0.4 is 5.32 Å². The monoisotopic (exact) mass is 287 g/mol. The van der Waals surface area contributed by atoms with Crippen molar-refractivity contribution < 1.29 is 4.79 Å². The van der Waals surface area contributed by atoms with E-state index in [1.807, 2.05) is 19.1 Å². The molecule has 0 saturated carbocycles. The lowest BCUT2D eigenvalue weighted by molar-refractivity contribution is 0.0949. The van der Waals surface area contributed by atoms with Crippen molar-refractivity contribution >= 4 is 5.91 Å². The summed E-state index contributed by atoms with van der Waals surface area (Å²) in [6.07, 6.45) is 2.37. The Kier molecular flexibility index (Phi) is 4.67. The van der Waals surface area contributed by atoms with Crippen molar-refractivity contribution in [3.8, 4) is 0 Å². The summed E-state index contributed by atoms with van der Waals surface area (Å²) in [7, 11) is 1.75. The van der Waals surface area contributed by atoms with Gasteiger partial charge in [0.25, 0.3) is 5.91 Å². The first-order chi connectivity index (χ1) is 10.0. The molecule has 0 atom stereocenters. The number of hydrogen-bond donors (Lipinski definition) is 1. The highest BCUT2D eigenvalue weighted by Gasteiger charge is 2.13. The van der Waals surface area contributed by atoms with E-state index in [0.717, 1.165) is 23.5 Å². The number of carbonyl (C=O) groups excluding carboxylic acids is 1. The van der Waals surface area contributed by atoms with Crippen LogP contribution in [-0.2, 0) is 20.0 Å². The molecule has 0 aromatic carbocycles. The Morgan fingerprint density at radius 3 is 2.71 bits per heavy atom. The van der Waals surface area contributed by atoms with Crippen molar-refractivity contribution in [3.05, 3.63) is 41.0 Å². The number of aryl methyl sites for hydroxylation is 2. The van der Waals surface area contributed by atoms with E-state index in [1.54, 1.807) is 13.2 Å². The summed E-state index contributed by atoms with van der Waals surface area (Å²) in [5, 5.41) is 11.0. The number of pyridine rings is 1. The molecule has 6 nitrogen and oxygen atoms in total. The number of nitrogens with one attached hydrogen (secondary N) is 1. The average Bonchev–Trinajstić information content (AvgIpc) is 2.89. The number of amides is 1. The highest BCUT2D eigenvalue weighted by Crippen LogP contribution is 2.15. The van der Waals surface area contributed by atoms with Crippen LogP contribution in [-0.4, -0.2) is 25.9 Å². The molecule has 2 heterocycles. The minimum atomic E-state index is -0.125. The third-order valence-corrected chi connectivity index (χ3v) is 3.24. The van der Waals surface area contributed by atoms with Crippen molar-refractivity contribution in [2.24, 2.45) is 7.05 Å². The minimum Gasteiger partial charge on any atom is -0.346 e. The van der Waals surface area contributed by atoms with Crippen LogP contribution in [0.4, 0.5) is 0 Å². The Hall–Kier alpha value is -2.24. The quantitative estimate of drug-likeness (QED) is 0.910. The van der Waals surface area contributed by atoms with Crippen LogP contribution in [0, 0.1) is 0 Å². The molecule has 112 valence electrons. The molecule has 6 heteroatoms. The molecular weight excluding hydrogens is 266 g/mol. The van der Waals surface area contributed by atoms with Gasteiger partial charge in [0.1, 0.15) is 5.69 Å². The maximum absolute atomic E-state index is 12.3. The normalized spacial score (nSPS) is 10.9. The minimum absolute atomic E-state index is 0.125. The molecule has 0 aliphatic rings. The third-order valence-electron chi connectivity index (χ3n) is 3.24. The van der Waals surface area contributed by atoms with Crippen molar-refractivity contribution in [1.82, 2.24) is 25.3 Å². The zero-order valence-electron chi connectivity index (χ0n) is 12.9. The Balaban J connectivity index is 2.11. The van der Waals surface area contributed by atoms with Gasteiger partial charge in [0.2, 0.25) is 0 Å². The SMILES string of the molecule is CCc1nc(C(C)C)ccc1C(=O)NCc1cnn(C)n1. The smallest absolute Gasteiger partial charge is 0.253 e. The molecular formula is C15H21N5O. The van der Waals surface area contributed by atoms with Gasteiger partial charge in [-0.2, -0.15) is 15.0 Å². The molecule has 0 radical (unpaired) electrons. The summed E-state index contributed by atoms with van der Waals surface area (Å²) in [4.78, 5) is 18.3. The van der Waals surface area contributed by atoms with E-state index in [4.69, 9.17) is 0 Å². The summed E-state index contributed by atoms with van der Waals surface area (Å²) in [6.45, 7) is 6.55. The molecule has 0 spiro atoms. The van der Waals surface area contributed by atoms with Gasteiger partial charge < -0.3 is 5.32 Å². The number of rotatable bonds is 5. The zero-order valence-corrected chi connectivity index (χ0v) is 12.9. The van der Waals surface area contributed by atoms with Crippen LogP contribution in [0.15, 0.2) is 18.3 Å². The van der Waals surface area contributed by atoms with E-state index in [1.165, 1.54) is 4.80 Å². The molecule has 0 saturated heterocycles. The van der Waals surface area contributed by atoms with E-state index < -0.39 is 0 Å². The topological polar surface area (TPSA) is 72.7 Å². The van der Waals surface area contributed by atoms with Gasteiger partial charge >= 0.3 is 0 Å². The van der Waals surface area contributed by atoms with Crippen LogP contribution in [0.25, 0.3) is 0 Å². The highest BCUT2D eigenvalue weighted by atomic mass is 16.1.